The van der Waals surface area contributed by atoms with Crippen LogP contribution >= 0.6 is 0 Å². The molecule has 30 heavy (non-hydrogen) atoms. The maximum atomic E-state index is 12.8. The maximum absolute atomic E-state index is 12.8. The van der Waals surface area contributed by atoms with Gasteiger partial charge in [0.1, 0.15) is 17.1 Å². The first-order valence-electron chi connectivity index (χ1n) is 9.06. The third kappa shape index (κ3) is 4.27. The van der Waals surface area contributed by atoms with Crippen molar-refractivity contribution in [3.05, 3.63) is 70.1 Å². The van der Waals surface area contributed by atoms with Crippen LogP contribution in [0.15, 0.2) is 57.7 Å². The van der Waals surface area contributed by atoms with E-state index in [1.165, 1.54) is 14.2 Å². The molecule has 0 aliphatic heterocycles. The van der Waals surface area contributed by atoms with Gasteiger partial charge in [0.15, 0.2) is 6.61 Å². The van der Waals surface area contributed by atoms with Crippen molar-refractivity contribution >= 4 is 22.9 Å². The average molecular weight is 412 g/mol. The van der Waals surface area contributed by atoms with Gasteiger partial charge in [0.2, 0.25) is 0 Å². The highest BCUT2D eigenvalue weighted by Crippen LogP contribution is 2.39. The summed E-state index contributed by atoms with van der Waals surface area (Å²) in [5, 5.41) is 11.2. The summed E-state index contributed by atoms with van der Waals surface area (Å²) in [7, 11) is 2.46. The van der Waals surface area contributed by atoms with Crippen LogP contribution in [-0.2, 0) is 19.1 Å². The van der Waals surface area contributed by atoms with Gasteiger partial charge in [-0.3, -0.25) is 4.79 Å². The van der Waals surface area contributed by atoms with Crippen LogP contribution in [0.2, 0.25) is 0 Å². The van der Waals surface area contributed by atoms with E-state index in [0.717, 1.165) is 0 Å². The van der Waals surface area contributed by atoms with Crippen LogP contribution in [0.3, 0.4) is 0 Å². The number of rotatable bonds is 7. The van der Waals surface area contributed by atoms with Gasteiger partial charge in [0.25, 0.3) is 0 Å². The normalized spacial score (nSPS) is 11.7. The molecule has 0 radical (unpaired) electrons. The Morgan fingerprint density at radius 1 is 1.00 bits per heavy atom. The van der Waals surface area contributed by atoms with E-state index >= 15 is 0 Å². The fraction of sp³-hybridized carbons (Fsp3) is 0.227. The summed E-state index contributed by atoms with van der Waals surface area (Å²) in [6, 6.07) is 13.1. The molecule has 0 spiro atoms. The summed E-state index contributed by atoms with van der Waals surface area (Å²) < 4.78 is 20.3. The van der Waals surface area contributed by atoms with Crippen molar-refractivity contribution in [1.82, 2.24) is 0 Å². The number of carbonyl (C=O) groups excluding carboxylic acids is 2. The van der Waals surface area contributed by atoms with E-state index in [2.05, 4.69) is 4.74 Å². The Morgan fingerprint density at radius 3 is 2.40 bits per heavy atom. The number of para-hydroxylation sites is 2. The summed E-state index contributed by atoms with van der Waals surface area (Å²) >= 11 is 0. The molecule has 3 aromatic rings. The Hall–Kier alpha value is -3.81. The van der Waals surface area contributed by atoms with E-state index in [9.17, 15) is 19.5 Å². The first-order chi connectivity index (χ1) is 14.5. The first kappa shape index (κ1) is 20.9. The van der Waals surface area contributed by atoms with Gasteiger partial charge < -0.3 is 23.7 Å². The van der Waals surface area contributed by atoms with Gasteiger partial charge in [-0.05, 0) is 18.2 Å². The van der Waals surface area contributed by atoms with E-state index in [0.29, 0.717) is 10.9 Å². The molecule has 0 unspecified atom stereocenters. The number of hydrogen-bond acceptors (Lipinski definition) is 8. The average Bonchev–Trinajstić information content (AvgIpc) is 2.76. The number of benzene rings is 2. The SMILES string of the molecule is COC(=O)COc1ccccc1[C@@H](CC(=O)OC)c1c(O)c2ccccc2oc1=O. The first-order valence-corrected chi connectivity index (χ1v) is 9.06. The molecule has 1 N–H and O–H groups in total. The molecular weight excluding hydrogens is 392 g/mol. The Kier molecular flexibility index (Phi) is 6.36. The zero-order valence-corrected chi connectivity index (χ0v) is 16.4. The molecule has 0 fully saturated rings. The minimum absolute atomic E-state index is 0.104. The Balaban J connectivity index is 2.17. The van der Waals surface area contributed by atoms with Crippen LogP contribution in [0.1, 0.15) is 23.5 Å². The summed E-state index contributed by atoms with van der Waals surface area (Å²) in [5.41, 5.74) is -0.267. The zero-order chi connectivity index (χ0) is 21.7. The largest absolute Gasteiger partial charge is 0.507 e. The van der Waals surface area contributed by atoms with Gasteiger partial charge in [0.05, 0.1) is 31.6 Å². The van der Waals surface area contributed by atoms with Crippen molar-refractivity contribution in [1.29, 1.82) is 0 Å². The van der Waals surface area contributed by atoms with Crippen molar-refractivity contribution < 1.29 is 33.3 Å². The third-order valence-corrected chi connectivity index (χ3v) is 4.63. The standard InChI is InChI=1S/C22H20O8/c1-27-18(23)11-15(13-7-3-5-9-16(13)29-12-19(24)28-2)20-21(25)14-8-4-6-10-17(14)30-22(20)26/h3-10,15,25H,11-12H2,1-2H3/t15-/m1/s1. The minimum Gasteiger partial charge on any atom is -0.507 e. The van der Waals surface area contributed by atoms with Crippen molar-refractivity contribution in [2.24, 2.45) is 0 Å². The van der Waals surface area contributed by atoms with Crippen LogP contribution < -0.4 is 10.4 Å². The van der Waals surface area contributed by atoms with E-state index in [1.54, 1.807) is 48.5 Å². The van der Waals surface area contributed by atoms with Crippen molar-refractivity contribution in [2.75, 3.05) is 20.8 Å². The Morgan fingerprint density at radius 2 is 1.67 bits per heavy atom. The maximum Gasteiger partial charge on any atom is 0.343 e. The molecule has 2 aromatic carbocycles. The van der Waals surface area contributed by atoms with Gasteiger partial charge in [-0.25, -0.2) is 9.59 Å². The molecule has 0 aliphatic rings. The monoisotopic (exact) mass is 412 g/mol. The highest BCUT2D eigenvalue weighted by molar-refractivity contribution is 5.85. The summed E-state index contributed by atoms with van der Waals surface area (Å²) in [4.78, 5) is 36.4. The quantitative estimate of drug-likeness (QED) is 0.466. The molecular formula is C22H20O8. The molecule has 1 aromatic heterocycles. The molecule has 3 rings (SSSR count). The van der Waals surface area contributed by atoms with Crippen LogP contribution in [0.25, 0.3) is 11.0 Å². The van der Waals surface area contributed by atoms with Gasteiger partial charge >= 0.3 is 17.6 Å². The zero-order valence-electron chi connectivity index (χ0n) is 16.4. The molecule has 8 nitrogen and oxygen atoms in total. The predicted octanol–water partition coefficient (Wildman–Crippen LogP) is 2.75. The smallest absolute Gasteiger partial charge is 0.343 e. The minimum atomic E-state index is -0.938. The third-order valence-electron chi connectivity index (χ3n) is 4.63. The fourth-order valence-electron chi connectivity index (χ4n) is 3.17. The van der Waals surface area contributed by atoms with E-state index < -0.39 is 23.5 Å². The second kappa shape index (κ2) is 9.13. The van der Waals surface area contributed by atoms with Crippen molar-refractivity contribution in [2.45, 2.75) is 12.3 Å². The Labute approximate surface area is 171 Å². The lowest BCUT2D eigenvalue weighted by molar-refractivity contribution is -0.143. The van der Waals surface area contributed by atoms with Crippen LogP contribution in [-0.4, -0.2) is 37.9 Å². The topological polar surface area (TPSA) is 112 Å². The van der Waals surface area contributed by atoms with E-state index in [4.69, 9.17) is 13.9 Å². The highest BCUT2D eigenvalue weighted by atomic mass is 16.6. The lowest BCUT2D eigenvalue weighted by Gasteiger charge is -2.20. The van der Waals surface area contributed by atoms with Gasteiger partial charge in [-0.1, -0.05) is 30.3 Å². The van der Waals surface area contributed by atoms with Gasteiger partial charge in [0, 0.05) is 11.5 Å². The second-order valence-corrected chi connectivity index (χ2v) is 6.38. The van der Waals surface area contributed by atoms with Crippen molar-refractivity contribution in [3.63, 3.8) is 0 Å². The summed E-state index contributed by atoms with van der Waals surface area (Å²) in [6.07, 6.45) is -0.258. The molecule has 0 saturated carbocycles. The molecule has 1 heterocycles. The van der Waals surface area contributed by atoms with Crippen LogP contribution in [0.4, 0.5) is 0 Å². The van der Waals surface area contributed by atoms with E-state index in [1.807, 2.05) is 0 Å². The molecule has 1 atom stereocenters. The number of fused-ring (bicyclic) bond motifs is 1. The van der Waals surface area contributed by atoms with E-state index in [-0.39, 0.29) is 35.7 Å². The molecule has 0 amide bonds. The van der Waals surface area contributed by atoms with Crippen LogP contribution in [0, 0.1) is 0 Å². The Bertz CT molecular complexity index is 1130. The molecule has 0 saturated heterocycles. The second-order valence-electron chi connectivity index (χ2n) is 6.38. The number of ether oxygens (including phenoxy) is 3. The van der Waals surface area contributed by atoms with Crippen LogP contribution in [0.5, 0.6) is 11.5 Å². The molecule has 8 heteroatoms. The predicted molar refractivity (Wildman–Crippen MR) is 107 cm³/mol. The molecule has 0 aliphatic carbocycles. The summed E-state index contributed by atoms with van der Waals surface area (Å²) in [6.45, 7) is -0.364. The lowest BCUT2D eigenvalue weighted by atomic mass is 9.87. The van der Waals surface area contributed by atoms with Crippen molar-refractivity contribution in [3.8, 4) is 11.5 Å². The molecule has 0 bridgehead atoms. The number of hydrogen-bond donors (Lipinski definition) is 1. The fourth-order valence-corrected chi connectivity index (χ4v) is 3.17. The highest BCUT2D eigenvalue weighted by Gasteiger charge is 2.29. The lowest BCUT2D eigenvalue weighted by Crippen LogP contribution is -2.19. The summed E-state index contributed by atoms with van der Waals surface area (Å²) in [5.74, 6) is -2.17. The number of aromatic hydroxyl groups is 1. The number of carbonyl (C=O) groups is 2. The van der Waals surface area contributed by atoms with Gasteiger partial charge in [-0.2, -0.15) is 0 Å². The van der Waals surface area contributed by atoms with Gasteiger partial charge in [-0.15, -0.1) is 0 Å². The molecule has 156 valence electrons. The number of esters is 2. The number of methoxy groups -OCH3 is 2.